The highest BCUT2D eigenvalue weighted by Crippen LogP contribution is 2.19. The number of ether oxygens (including phenoxy) is 2. The summed E-state index contributed by atoms with van der Waals surface area (Å²) in [6.45, 7) is 5.75. The van der Waals surface area contributed by atoms with Crippen molar-refractivity contribution in [2.75, 3.05) is 26.8 Å². The molecule has 5 heteroatoms. The first kappa shape index (κ1) is 20.7. The molecule has 0 bridgehead atoms. The topological polar surface area (TPSA) is 55.8 Å². The summed E-state index contributed by atoms with van der Waals surface area (Å²) in [5.41, 5.74) is 0.868. The van der Waals surface area contributed by atoms with Gasteiger partial charge in [0, 0.05) is 24.7 Å². The summed E-state index contributed by atoms with van der Waals surface area (Å²) in [5.74, 6) is 0.349. The SMILES string of the molecule is CCCCN(CCC(=O)OC)C(=O)/C=C/c1ccccc1OCCC. The number of carbonyl (C=O) groups is 2. The van der Waals surface area contributed by atoms with Crippen LogP contribution in [0, 0.1) is 0 Å². The van der Waals surface area contributed by atoms with Crippen molar-refractivity contribution in [3.63, 3.8) is 0 Å². The Labute approximate surface area is 150 Å². The number of nitrogens with zero attached hydrogens (tertiary/aromatic N) is 1. The predicted octanol–water partition coefficient (Wildman–Crippen LogP) is 3.68. The van der Waals surface area contributed by atoms with E-state index in [2.05, 4.69) is 18.6 Å². The fourth-order valence-electron chi connectivity index (χ4n) is 2.24. The van der Waals surface area contributed by atoms with Crippen molar-refractivity contribution >= 4 is 18.0 Å². The molecule has 25 heavy (non-hydrogen) atoms. The van der Waals surface area contributed by atoms with Gasteiger partial charge in [0.05, 0.1) is 20.1 Å². The number of amides is 1. The summed E-state index contributed by atoms with van der Waals surface area (Å²) in [6.07, 6.45) is 6.33. The van der Waals surface area contributed by atoms with Gasteiger partial charge < -0.3 is 14.4 Å². The zero-order valence-corrected chi connectivity index (χ0v) is 15.5. The van der Waals surface area contributed by atoms with Crippen LogP contribution in [0.25, 0.3) is 6.08 Å². The molecule has 0 aliphatic carbocycles. The minimum atomic E-state index is -0.309. The number of carbonyl (C=O) groups excluding carboxylic acids is 2. The highest BCUT2D eigenvalue weighted by Gasteiger charge is 2.12. The molecule has 0 aromatic heterocycles. The van der Waals surface area contributed by atoms with Crippen LogP contribution in [0.3, 0.4) is 0 Å². The quantitative estimate of drug-likeness (QED) is 0.453. The molecule has 0 fully saturated rings. The standard InChI is InChI=1S/C20H29NO4/c1-4-6-14-21(15-13-20(23)24-3)19(22)12-11-17-9-7-8-10-18(17)25-16-5-2/h7-12H,4-6,13-16H2,1-3H3/b12-11+. The Hall–Kier alpha value is -2.30. The summed E-state index contributed by atoms with van der Waals surface area (Å²) >= 11 is 0. The van der Waals surface area contributed by atoms with Crippen molar-refractivity contribution in [1.82, 2.24) is 4.90 Å². The normalized spacial score (nSPS) is 10.7. The van der Waals surface area contributed by atoms with E-state index in [9.17, 15) is 9.59 Å². The average Bonchev–Trinajstić information content (AvgIpc) is 2.64. The molecule has 1 amide bonds. The van der Waals surface area contributed by atoms with E-state index in [4.69, 9.17) is 4.74 Å². The van der Waals surface area contributed by atoms with E-state index in [1.165, 1.54) is 7.11 Å². The van der Waals surface area contributed by atoms with Gasteiger partial charge in [-0.1, -0.05) is 38.5 Å². The molecule has 1 aromatic carbocycles. The number of esters is 1. The lowest BCUT2D eigenvalue weighted by Crippen LogP contribution is -2.32. The third kappa shape index (κ3) is 7.88. The average molecular weight is 347 g/mol. The van der Waals surface area contributed by atoms with Crippen LogP contribution >= 0.6 is 0 Å². The van der Waals surface area contributed by atoms with Gasteiger partial charge in [-0.25, -0.2) is 0 Å². The van der Waals surface area contributed by atoms with Gasteiger partial charge >= 0.3 is 5.97 Å². The van der Waals surface area contributed by atoms with Crippen LogP contribution in [-0.2, 0) is 14.3 Å². The molecule has 0 saturated carbocycles. The lowest BCUT2D eigenvalue weighted by Gasteiger charge is -2.20. The van der Waals surface area contributed by atoms with Gasteiger partial charge in [0.2, 0.25) is 5.91 Å². The van der Waals surface area contributed by atoms with Crippen LogP contribution in [0.1, 0.15) is 45.1 Å². The summed E-state index contributed by atoms with van der Waals surface area (Å²) in [6, 6.07) is 7.63. The Morgan fingerprint density at radius 2 is 1.88 bits per heavy atom. The molecule has 0 aliphatic rings. The summed E-state index contributed by atoms with van der Waals surface area (Å²) in [5, 5.41) is 0. The van der Waals surface area contributed by atoms with E-state index >= 15 is 0 Å². The van der Waals surface area contributed by atoms with Gasteiger partial charge in [0.25, 0.3) is 0 Å². The van der Waals surface area contributed by atoms with Crippen molar-refractivity contribution in [2.45, 2.75) is 39.5 Å². The van der Waals surface area contributed by atoms with E-state index in [1.807, 2.05) is 24.3 Å². The number of para-hydroxylation sites is 1. The highest BCUT2D eigenvalue weighted by molar-refractivity contribution is 5.92. The van der Waals surface area contributed by atoms with Crippen molar-refractivity contribution in [1.29, 1.82) is 0 Å². The molecule has 0 saturated heterocycles. The van der Waals surface area contributed by atoms with Crippen LogP contribution < -0.4 is 4.74 Å². The maximum atomic E-state index is 12.5. The number of rotatable bonds is 11. The smallest absolute Gasteiger partial charge is 0.307 e. The number of unbranched alkanes of at least 4 members (excludes halogenated alkanes) is 1. The Morgan fingerprint density at radius 1 is 1.12 bits per heavy atom. The van der Waals surface area contributed by atoms with E-state index in [0.29, 0.717) is 19.7 Å². The zero-order chi connectivity index (χ0) is 18.5. The maximum absolute atomic E-state index is 12.5. The van der Waals surface area contributed by atoms with Gasteiger partial charge in [0.15, 0.2) is 0 Å². The molecule has 1 rings (SSSR count). The lowest BCUT2D eigenvalue weighted by atomic mass is 10.2. The van der Waals surface area contributed by atoms with Gasteiger partial charge in [-0.3, -0.25) is 9.59 Å². The second-order valence-electron chi connectivity index (χ2n) is 5.72. The Balaban J connectivity index is 2.77. The molecular weight excluding hydrogens is 318 g/mol. The molecular formula is C20H29NO4. The molecule has 0 aliphatic heterocycles. The van der Waals surface area contributed by atoms with Gasteiger partial charge in [-0.05, 0) is 25.0 Å². The van der Waals surface area contributed by atoms with E-state index in [1.54, 1.807) is 17.1 Å². The minimum absolute atomic E-state index is 0.109. The molecule has 0 spiro atoms. The molecule has 0 N–H and O–H groups in total. The first-order valence-electron chi connectivity index (χ1n) is 8.88. The Morgan fingerprint density at radius 3 is 2.56 bits per heavy atom. The van der Waals surface area contributed by atoms with E-state index in [0.717, 1.165) is 30.6 Å². The largest absolute Gasteiger partial charge is 0.493 e. The van der Waals surface area contributed by atoms with Crippen LogP contribution in [0.4, 0.5) is 0 Å². The lowest BCUT2D eigenvalue weighted by molar-refractivity contribution is -0.141. The van der Waals surface area contributed by atoms with E-state index < -0.39 is 0 Å². The second-order valence-corrected chi connectivity index (χ2v) is 5.72. The zero-order valence-electron chi connectivity index (χ0n) is 15.5. The van der Waals surface area contributed by atoms with Crippen molar-refractivity contribution in [3.8, 4) is 5.75 Å². The first-order valence-corrected chi connectivity index (χ1v) is 8.88. The first-order chi connectivity index (χ1) is 12.1. The van der Waals surface area contributed by atoms with Crippen LogP contribution in [0.5, 0.6) is 5.75 Å². The summed E-state index contributed by atoms with van der Waals surface area (Å²) in [7, 11) is 1.35. The fraction of sp³-hybridized carbons (Fsp3) is 0.500. The van der Waals surface area contributed by atoms with E-state index in [-0.39, 0.29) is 18.3 Å². The molecule has 0 atom stereocenters. The number of benzene rings is 1. The number of hydrogen-bond acceptors (Lipinski definition) is 4. The third-order valence-corrected chi connectivity index (χ3v) is 3.69. The summed E-state index contributed by atoms with van der Waals surface area (Å²) in [4.78, 5) is 25.5. The van der Waals surface area contributed by atoms with Crippen molar-refractivity contribution in [3.05, 3.63) is 35.9 Å². The number of hydrogen-bond donors (Lipinski definition) is 0. The second kappa shape index (κ2) is 12.1. The van der Waals surface area contributed by atoms with Gasteiger partial charge in [-0.2, -0.15) is 0 Å². The van der Waals surface area contributed by atoms with Crippen LogP contribution in [0.15, 0.2) is 30.3 Å². The molecule has 1 aromatic rings. The van der Waals surface area contributed by atoms with Gasteiger partial charge in [-0.15, -0.1) is 0 Å². The maximum Gasteiger partial charge on any atom is 0.307 e. The summed E-state index contributed by atoms with van der Waals surface area (Å²) < 4.78 is 10.4. The molecule has 0 unspecified atom stereocenters. The van der Waals surface area contributed by atoms with Crippen molar-refractivity contribution in [2.24, 2.45) is 0 Å². The monoisotopic (exact) mass is 347 g/mol. The number of methoxy groups -OCH3 is 1. The van der Waals surface area contributed by atoms with Crippen LogP contribution in [-0.4, -0.2) is 43.6 Å². The molecule has 5 nitrogen and oxygen atoms in total. The Bertz CT molecular complexity index is 569. The predicted molar refractivity (Wildman–Crippen MR) is 99.4 cm³/mol. The third-order valence-electron chi connectivity index (χ3n) is 3.69. The molecule has 0 radical (unpaired) electrons. The Kier molecular flexibility index (Phi) is 10.1. The van der Waals surface area contributed by atoms with Crippen LogP contribution in [0.2, 0.25) is 0 Å². The minimum Gasteiger partial charge on any atom is -0.493 e. The van der Waals surface area contributed by atoms with Crippen molar-refractivity contribution < 1.29 is 19.1 Å². The highest BCUT2D eigenvalue weighted by atomic mass is 16.5. The molecule has 0 heterocycles. The molecule has 138 valence electrons. The van der Waals surface area contributed by atoms with Gasteiger partial charge in [0.1, 0.15) is 5.75 Å². The fourth-order valence-corrected chi connectivity index (χ4v) is 2.24.